The first-order chi connectivity index (χ1) is 12.5. The van der Waals surface area contributed by atoms with Crippen LogP contribution in [0.4, 0.5) is 0 Å². The van der Waals surface area contributed by atoms with E-state index in [0.717, 1.165) is 13.0 Å². The Bertz CT molecular complexity index is 295. The van der Waals surface area contributed by atoms with Crippen LogP contribution < -0.4 is 0 Å². The molecule has 1 radical (unpaired) electrons. The van der Waals surface area contributed by atoms with Gasteiger partial charge in [0, 0.05) is 42.2 Å². The second kappa shape index (κ2) is 21.6. The molecule has 0 aliphatic heterocycles. The normalized spacial score (nSPS) is 12.6. The van der Waals surface area contributed by atoms with Gasteiger partial charge in [0.1, 0.15) is 0 Å². The average Bonchev–Trinajstić information content (AvgIpc) is 2.59. The predicted octanol–water partition coefficient (Wildman–Crippen LogP) is 8.87. The smallest absolute Gasteiger partial charge is 0.0753 e. The molecule has 2 heteroatoms. The van der Waals surface area contributed by atoms with Crippen molar-refractivity contribution in [2.75, 3.05) is 6.61 Å². The molecule has 27 heavy (non-hydrogen) atoms. The van der Waals surface area contributed by atoms with Crippen molar-refractivity contribution in [1.82, 2.24) is 0 Å². The van der Waals surface area contributed by atoms with Crippen molar-refractivity contribution in [1.29, 1.82) is 0 Å². The molecule has 0 rings (SSSR count). The Labute approximate surface area is 200 Å². The number of ether oxygens (including phenoxy) is 1. The van der Waals surface area contributed by atoms with Gasteiger partial charge in [-0.15, -0.1) is 6.58 Å². The SMILES string of the molecule is C=CC(CCCCCCCCC)OCCCCCCCCCC(C)(C)C.[La]. The van der Waals surface area contributed by atoms with Gasteiger partial charge >= 0.3 is 0 Å². The van der Waals surface area contributed by atoms with E-state index in [4.69, 9.17) is 4.74 Å². The molecular formula is C25H50LaO. The third-order valence-electron chi connectivity index (χ3n) is 5.26. The van der Waals surface area contributed by atoms with Crippen LogP contribution in [0.15, 0.2) is 12.7 Å². The van der Waals surface area contributed by atoms with E-state index in [1.807, 2.05) is 6.08 Å². The molecule has 1 atom stereocenters. The summed E-state index contributed by atoms with van der Waals surface area (Å²) in [5.41, 5.74) is 0.508. The van der Waals surface area contributed by atoms with Gasteiger partial charge in [0.05, 0.1) is 6.10 Å². The Kier molecular flexibility index (Phi) is 24.1. The fourth-order valence-corrected chi connectivity index (χ4v) is 3.45. The van der Waals surface area contributed by atoms with Gasteiger partial charge < -0.3 is 4.74 Å². The van der Waals surface area contributed by atoms with E-state index >= 15 is 0 Å². The molecule has 0 N–H and O–H groups in total. The van der Waals surface area contributed by atoms with Crippen LogP contribution in [0, 0.1) is 41.0 Å². The van der Waals surface area contributed by atoms with Gasteiger partial charge in [0.15, 0.2) is 0 Å². The molecular weight excluding hydrogens is 455 g/mol. The number of hydrogen-bond acceptors (Lipinski definition) is 1. The molecule has 0 bridgehead atoms. The second-order valence-electron chi connectivity index (χ2n) is 9.34. The summed E-state index contributed by atoms with van der Waals surface area (Å²) in [6, 6.07) is 0. The van der Waals surface area contributed by atoms with Crippen LogP contribution in [-0.2, 0) is 4.74 Å². The maximum Gasteiger partial charge on any atom is 0.0753 e. The van der Waals surface area contributed by atoms with Crippen LogP contribution in [0.1, 0.15) is 130 Å². The zero-order valence-electron chi connectivity index (χ0n) is 19.4. The first-order valence-electron chi connectivity index (χ1n) is 11.7. The van der Waals surface area contributed by atoms with Crippen LogP contribution in [-0.4, -0.2) is 12.7 Å². The predicted molar refractivity (Wildman–Crippen MR) is 119 cm³/mol. The summed E-state index contributed by atoms with van der Waals surface area (Å²) in [5.74, 6) is 0. The third kappa shape index (κ3) is 24.9. The van der Waals surface area contributed by atoms with E-state index in [1.165, 1.54) is 96.3 Å². The van der Waals surface area contributed by atoms with Gasteiger partial charge in [-0.3, -0.25) is 0 Å². The number of hydrogen-bond donors (Lipinski definition) is 0. The summed E-state index contributed by atoms with van der Waals surface area (Å²) >= 11 is 0. The van der Waals surface area contributed by atoms with E-state index in [1.54, 1.807) is 0 Å². The van der Waals surface area contributed by atoms with Crippen molar-refractivity contribution in [3.63, 3.8) is 0 Å². The zero-order chi connectivity index (χ0) is 19.5. The Hall–Kier alpha value is 0.895. The first kappa shape index (κ1) is 30.1. The van der Waals surface area contributed by atoms with Crippen molar-refractivity contribution < 1.29 is 40.3 Å². The Morgan fingerprint density at radius 1 is 0.741 bits per heavy atom. The minimum atomic E-state index is 0. The molecule has 0 amide bonds. The standard InChI is InChI=1S/C25H50O.La/c1-6-8-9-10-12-15-18-21-24(7-2)26-23-20-17-14-11-13-16-19-22-25(3,4)5;/h7,24H,2,6,8-23H2,1,3-5H3;. The quantitative estimate of drug-likeness (QED) is 0.126. The molecule has 0 fully saturated rings. The van der Waals surface area contributed by atoms with Gasteiger partial charge in [0.25, 0.3) is 0 Å². The molecule has 1 unspecified atom stereocenters. The molecule has 0 aromatic carbocycles. The van der Waals surface area contributed by atoms with E-state index in [9.17, 15) is 0 Å². The van der Waals surface area contributed by atoms with Gasteiger partial charge in [-0.05, 0) is 24.7 Å². The summed E-state index contributed by atoms with van der Waals surface area (Å²) in [5, 5.41) is 0. The zero-order valence-corrected chi connectivity index (χ0v) is 23.0. The van der Waals surface area contributed by atoms with Crippen molar-refractivity contribution in [2.24, 2.45) is 5.41 Å². The second-order valence-corrected chi connectivity index (χ2v) is 9.34. The maximum absolute atomic E-state index is 6.00. The number of rotatable bonds is 19. The summed E-state index contributed by atoms with van der Waals surface area (Å²) in [7, 11) is 0. The Morgan fingerprint density at radius 3 is 1.74 bits per heavy atom. The fourth-order valence-electron chi connectivity index (χ4n) is 3.45. The van der Waals surface area contributed by atoms with E-state index < -0.39 is 0 Å². The minimum absolute atomic E-state index is 0. The third-order valence-corrected chi connectivity index (χ3v) is 5.26. The van der Waals surface area contributed by atoms with Crippen molar-refractivity contribution in [3.8, 4) is 0 Å². The molecule has 0 saturated heterocycles. The molecule has 0 aromatic heterocycles. The van der Waals surface area contributed by atoms with Crippen LogP contribution in [0.5, 0.6) is 0 Å². The van der Waals surface area contributed by atoms with Crippen molar-refractivity contribution in [2.45, 2.75) is 137 Å². The maximum atomic E-state index is 6.00. The topological polar surface area (TPSA) is 9.23 Å². The minimum Gasteiger partial charge on any atom is -0.374 e. The van der Waals surface area contributed by atoms with Gasteiger partial charge in [0.2, 0.25) is 0 Å². The Morgan fingerprint density at radius 2 is 1.22 bits per heavy atom. The molecule has 0 aliphatic carbocycles. The molecule has 0 heterocycles. The van der Waals surface area contributed by atoms with Crippen LogP contribution >= 0.6 is 0 Å². The molecule has 0 aliphatic rings. The van der Waals surface area contributed by atoms with E-state index in [2.05, 4.69) is 34.3 Å². The average molecular weight is 506 g/mol. The summed E-state index contributed by atoms with van der Waals surface area (Å²) in [6.45, 7) is 14.2. The van der Waals surface area contributed by atoms with Crippen LogP contribution in [0.25, 0.3) is 0 Å². The molecule has 0 spiro atoms. The molecule has 0 aromatic rings. The van der Waals surface area contributed by atoms with Crippen LogP contribution in [0.3, 0.4) is 0 Å². The van der Waals surface area contributed by atoms with E-state index in [0.29, 0.717) is 5.41 Å². The van der Waals surface area contributed by atoms with Crippen molar-refractivity contribution >= 4 is 0 Å². The first-order valence-corrected chi connectivity index (χ1v) is 11.7. The molecule has 1 nitrogen and oxygen atoms in total. The van der Waals surface area contributed by atoms with Gasteiger partial charge in [-0.25, -0.2) is 0 Å². The van der Waals surface area contributed by atoms with Gasteiger partial charge in [-0.2, -0.15) is 0 Å². The monoisotopic (exact) mass is 505 g/mol. The van der Waals surface area contributed by atoms with Crippen LogP contribution in [0.2, 0.25) is 0 Å². The Balaban J connectivity index is 0. The molecule has 159 valence electrons. The van der Waals surface area contributed by atoms with Crippen molar-refractivity contribution in [3.05, 3.63) is 12.7 Å². The summed E-state index contributed by atoms with van der Waals surface area (Å²) < 4.78 is 6.00. The van der Waals surface area contributed by atoms with E-state index in [-0.39, 0.29) is 41.7 Å². The summed E-state index contributed by atoms with van der Waals surface area (Å²) in [6.07, 6.45) is 23.9. The number of unbranched alkanes of at least 4 members (excludes halogenated alkanes) is 12. The molecule has 0 saturated carbocycles. The summed E-state index contributed by atoms with van der Waals surface area (Å²) in [4.78, 5) is 0. The van der Waals surface area contributed by atoms with Gasteiger partial charge in [-0.1, -0.05) is 117 Å². The fraction of sp³-hybridized carbons (Fsp3) is 0.920. The largest absolute Gasteiger partial charge is 0.374 e.